The average Bonchev–Trinajstić information content (AvgIpc) is 1.90. The predicted molar refractivity (Wildman–Crippen MR) is 40.2 cm³/mol. The van der Waals surface area contributed by atoms with E-state index >= 15 is 0 Å². The molecule has 0 radical (unpaired) electrons. The van der Waals surface area contributed by atoms with Gasteiger partial charge in [-0.25, -0.2) is 0 Å². The van der Waals surface area contributed by atoms with Gasteiger partial charge in [-0.2, -0.15) is 0 Å². The molecule has 1 aliphatic heterocycles. The van der Waals surface area contributed by atoms with Crippen molar-refractivity contribution in [2.45, 2.75) is 26.7 Å². The van der Waals surface area contributed by atoms with Crippen molar-refractivity contribution in [3.8, 4) is 0 Å². The molecule has 1 heterocycles. The van der Waals surface area contributed by atoms with Gasteiger partial charge >= 0.3 is 0 Å². The first kappa shape index (κ1) is 6.66. The van der Waals surface area contributed by atoms with Crippen molar-refractivity contribution in [2.24, 2.45) is 5.92 Å². The second-order valence-corrected chi connectivity index (χ2v) is 2.88. The molecule has 0 aromatic rings. The minimum absolute atomic E-state index is 0.685. The summed E-state index contributed by atoms with van der Waals surface area (Å²) in [5.74, 6) is 0.685. The minimum Gasteiger partial charge on any atom is -0.388 e. The molecular formula is C8H15N. The lowest BCUT2D eigenvalue weighted by atomic mass is 10.1. The highest BCUT2D eigenvalue weighted by molar-refractivity contribution is 5.04. The van der Waals surface area contributed by atoms with Gasteiger partial charge in [-0.05, 0) is 18.8 Å². The number of hydrogen-bond donors (Lipinski definition) is 1. The molecule has 52 valence electrons. The van der Waals surface area contributed by atoms with Gasteiger partial charge in [0.25, 0.3) is 0 Å². The number of nitrogens with one attached hydrogen (secondary N) is 1. The molecule has 0 fully saturated rings. The summed E-state index contributed by atoms with van der Waals surface area (Å²) in [4.78, 5) is 0. The zero-order valence-electron chi connectivity index (χ0n) is 6.28. The van der Waals surface area contributed by atoms with E-state index in [1.54, 1.807) is 0 Å². The largest absolute Gasteiger partial charge is 0.388 e. The van der Waals surface area contributed by atoms with Crippen LogP contribution in [-0.2, 0) is 0 Å². The van der Waals surface area contributed by atoms with Gasteiger partial charge in [-0.15, -0.1) is 0 Å². The fourth-order valence-electron chi connectivity index (χ4n) is 1.10. The van der Waals surface area contributed by atoms with Crippen LogP contribution < -0.4 is 5.32 Å². The van der Waals surface area contributed by atoms with Crippen molar-refractivity contribution in [3.05, 3.63) is 11.8 Å². The summed E-state index contributed by atoms with van der Waals surface area (Å²) in [5, 5.41) is 3.38. The molecule has 0 spiro atoms. The van der Waals surface area contributed by atoms with E-state index in [1.807, 2.05) is 0 Å². The monoisotopic (exact) mass is 125 g/mol. The van der Waals surface area contributed by atoms with Gasteiger partial charge in [-0.1, -0.05) is 19.9 Å². The summed E-state index contributed by atoms with van der Waals surface area (Å²) in [7, 11) is 0. The van der Waals surface area contributed by atoms with Crippen LogP contribution in [0.5, 0.6) is 0 Å². The van der Waals surface area contributed by atoms with Crippen LogP contribution in [0.15, 0.2) is 11.8 Å². The Hall–Kier alpha value is -0.460. The smallest absolute Gasteiger partial charge is 0.0146 e. The van der Waals surface area contributed by atoms with Gasteiger partial charge in [0, 0.05) is 12.2 Å². The summed E-state index contributed by atoms with van der Waals surface area (Å²) in [6.07, 6.45) is 4.88. The SMILES string of the molecule is CC(C)C1=CCCCN1. The molecule has 1 rings (SSSR count). The third kappa shape index (κ3) is 1.74. The molecule has 0 amide bonds. The molecule has 0 unspecified atom stereocenters. The molecule has 0 atom stereocenters. The Kier molecular flexibility index (Phi) is 2.15. The van der Waals surface area contributed by atoms with Crippen molar-refractivity contribution in [1.29, 1.82) is 0 Å². The van der Waals surface area contributed by atoms with Crippen LogP contribution in [0.1, 0.15) is 26.7 Å². The highest BCUT2D eigenvalue weighted by atomic mass is 14.9. The third-order valence-corrected chi connectivity index (χ3v) is 1.70. The Labute approximate surface area is 57.1 Å². The van der Waals surface area contributed by atoms with Crippen LogP contribution >= 0.6 is 0 Å². The maximum atomic E-state index is 3.38. The van der Waals surface area contributed by atoms with E-state index in [9.17, 15) is 0 Å². The molecule has 0 aliphatic carbocycles. The summed E-state index contributed by atoms with van der Waals surface area (Å²) >= 11 is 0. The average molecular weight is 125 g/mol. The van der Waals surface area contributed by atoms with Gasteiger partial charge in [0.1, 0.15) is 0 Å². The number of allylic oxidation sites excluding steroid dienone is 2. The second-order valence-electron chi connectivity index (χ2n) is 2.88. The van der Waals surface area contributed by atoms with E-state index in [0.29, 0.717) is 5.92 Å². The molecule has 0 saturated carbocycles. The van der Waals surface area contributed by atoms with Crippen LogP contribution in [0.25, 0.3) is 0 Å². The van der Waals surface area contributed by atoms with E-state index in [1.165, 1.54) is 25.1 Å². The van der Waals surface area contributed by atoms with Crippen molar-refractivity contribution in [2.75, 3.05) is 6.54 Å². The number of rotatable bonds is 1. The van der Waals surface area contributed by atoms with Gasteiger partial charge in [0.15, 0.2) is 0 Å². The Morgan fingerprint density at radius 3 is 2.67 bits per heavy atom. The predicted octanol–water partition coefficient (Wildman–Crippen LogP) is 1.91. The first-order valence-electron chi connectivity index (χ1n) is 3.74. The maximum absolute atomic E-state index is 3.38. The van der Waals surface area contributed by atoms with Gasteiger partial charge in [0.05, 0.1) is 0 Å². The normalized spacial score (nSPS) is 19.2. The van der Waals surface area contributed by atoms with Crippen molar-refractivity contribution < 1.29 is 0 Å². The molecule has 1 heteroatoms. The number of hydrogen-bond acceptors (Lipinski definition) is 1. The van der Waals surface area contributed by atoms with Crippen LogP contribution in [0.4, 0.5) is 0 Å². The third-order valence-electron chi connectivity index (χ3n) is 1.70. The van der Waals surface area contributed by atoms with E-state index < -0.39 is 0 Å². The standard InChI is InChI=1S/C8H15N/c1-7(2)8-5-3-4-6-9-8/h5,7,9H,3-4,6H2,1-2H3. The topological polar surface area (TPSA) is 12.0 Å². The molecular weight excluding hydrogens is 110 g/mol. The van der Waals surface area contributed by atoms with Crippen LogP contribution in [0.3, 0.4) is 0 Å². The van der Waals surface area contributed by atoms with Gasteiger partial charge < -0.3 is 5.32 Å². The quantitative estimate of drug-likeness (QED) is 0.564. The van der Waals surface area contributed by atoms with Crippen molar-refractivity contribution >= 4 is 0 Å². The molecule has 1 nitrogen and oxygen atoms in total. The van der Waals surface area contributed by atoms with Crippen LogP contribution in [-0.4, -0.2) is 6.54 Å². The van der Waals surface area contributed by atoms with Gasteiger partial charge in [0.2, 0.25) is 0 Å². The first-order valence-corrected chi connectivity index (χ1v) is 3.74. The van der Waals surface area contributed by atoms with E-state index in [-0.39, 0.29) is 0 Å². The second kappa shape index (κ2) is 2.90. The van der Waals surface area contributed by atoms with Crippen LogP contribution in [0, 0.1) is 5.92 Å². The fourth-order valence-corrected chi connectivity index (χ4v) is 1.10. The van der Waals surface area contributed by atoms with Crippen molar-refractivity contribution in [1.82, 2.24) is 5.32 Å². The molecule has 0 bridgehead atoms. The lowest BCUT2D eigenvalue weighted by Gasteiger charge is -2.18. The van der Waals surface area contributed by atoms with Gasteiger partial charge in [-0.3, -0.25) is 0 Å². The van der Waals surface area contributed by atoms with E-state index in [4.69, 9.17) is 0 Å². The molecule has 0 saturated heterocycles. The Morgan fingerprint density at radius 1 is 1.56 bits per heavy atom. The molecule has 1 aliphatic rings. The summed E-state index contributed by atoms with van der Waals surface area (Å²) in [6.45, 7) is 5.62. The van der Waals surface area contributed by atoms with Crippen molar-refractivity contribution in [3.63, 3.8) is 0 Å². The fraction of sp³-hybridized carbons (Fsp3) is 0.750. The highest BCUT2D eigenvalue weighted by Gasteiger charge is 2.04. The summed E-state index contributed by atoms with van der Waals surface area (Å²) in [5.41, 5.74) is 1.43. The molecule has 0 aromatic heterocycles. The zero-order chi connectivity index (χ0) is 6.69. The lowest BCUT2D eigenvalue weighted by molar-refractivity contribution is 0.598. The molecule has 0 aromatic carbocycles. The Balaban J connectivity index is 2.46. The van der Waals surface area contributed by atoms with E-state index in [0.717, 1.165) is 0 Å². The summed E-state index contributed by atoms with van der Waals surface area (Å²) < 4.78 is 0. The molecule has 1 N–H and O–H groups in total. The minimum atomic E-state index is 0.685. The van der Waals surface area contributed by atoms with E-state index in [2.05, 4.69) is 25.2 Å². The lowest BCUT2D eigenvalue weighted by Crippen LogP contribution is -2.21. The summed E-state index contributed by atoms with van der Waals surface area (Å²) in [6, 6.07) is 0. The highest BCUT2D eigenvalue weighted by Crippen LogP contribution is 2.11. The van der Waals surface area contributed by atoms with Crippen LogP contribution in [0.2, 0.25) is 0 Å². The maximum Gasteiger partial charge on any atom is 0.0146 e. The Morgan fingerprint density at radius 2 is 2.33 bits per heavy atom. The Bertz CT molecular complexity index is 114. The zero-order valence-corrected chi connectivity index (χ0v) is 6.28. The molecule has 9 heavy (non-hydrogen) atoms. The first-order chi connectivity index (χ1) is 4.30.